The van der Waals surface area contributed by atoms with Crippen molar-refractivity contribution < 1.29 is 7.80 Å². The van der Waals surface area contributed by atoms with Crippen LogP contribution in [-0.2, 0) is 3.07 Å². The summed E-state index contributed by atoms with van der Waals surface area (Å²) < 4.78 is 11.3. The lowest BCUT2D eigenvalue weighted by atomic mass is 9.90. The smallest absolute Gasteiger partial charge is 0.119 e. The molecule has 1 aromatic carbocycles. The molecule has 0 radical (unpaired) electrons. The quantitative estimate of drug-likeness (QED) is 0.653. The third-order valence-corrected chi connectivity index (χ3v) is 4.68. The minimum Gasteiger partial charge on any atom is -0.493 e. The van der Waals surface area contributed by atoms with E-state index in [0.717, 1.165) is 24.7 Å². The Morgan fingerprint density at radius 2 is 2.05 bits per heavy atom. The fourth-order valence-electron chi connectivity index (χ4n) is 3.05. The van der Waals surface area contributed by atoms with Gasteiger partial charge >= 0.3 is 0 Å². The van der Waals surface area contributed by atoms with Crippen LogP contribution >= 0.6 is 23.0 Å². The lowest BCUT2D eigenvalue weighted by Gasteiger charge is -2.22. The first kappa shape index (κ1) is 17.0. The molecule has 1 atom stereocenters. The van der Waals surface area contributed by atoms with Crippen molar-refractivity contribution in [2.45, 2.75) is 44.4 Å². The monoisotopic (exact) mass is 403 g/mol. The van der Waals surface area contributed by atoms with Gasteiger partial charge in [0, 0.05) is 5.92 Å². The second-order valence-electron chi connectivity index (χ2n) is 5.94. The average molecular weight is 403 g/mol. The minimum atomic E-state index is 0.352. The van der Waals surface area contributed by atoms with E-state index >= 15 is 0 Å². The number of rotatable bonds is 8. The molecule has 1 aromatic rings. The van der Waals surface area contributed by atoms with Crippen molar-refractivity contribution in [2.75, 3.05) is 19.8 Å². The van der Waals surface area contributed by atoms with Crippen LogP contribution in [0, 0.1) is 5.92 Å². The van der Waals surface area contributed by atoms with E-state index in [-0.39, 0.29) is 0 Å². The fraction of sp³-hybridized carbons (Fsp3) is 0.647. The topological polar surface area (TPSA) is 44.5 Å². The van der Waals surface area contributed by atoms with E-state index in [2.05, 4.69) is 24.3 Å². The van der Waals surface area contributed by atoms with Crippen molar-refractivity contribution in [3.63, 3.8) is 0 Å². The molecule has 0 bridgehead atoms. The van der Waals surface area contributed by atoms with Crippen LogP contribution in [0.1, 0.15) is 50.0 Å². The summed E-state index contributed by atoms with van der Waals surface area (Å²) in [5.74, 6) is 2.07. The Morgan fingerprint density at radius 3 is 2.76 bits per heavy atom. The van der Waals surface area contributed by atoms with Gasteiger partial charge in [0.25, 0.3) is 0 Å². The van der Waals surface area contributed by atoms with Gasteiger partial charge in [-0.05, 0) is 49.4 Å². The standard InChI is InChI=1S/C17H26INO2/c18-21-13-16(9-10-19)15-7-4-8-17(11-15)20-12-14-5-2-1-3-6-14/h4,7-8,11,14,16H,1-3,5-6,9-10,12-13,19H2. The number of benzene rings is 1. The zero-order chi connectivity index (χ0) is 14.9. The molecule has 21 heavy (non-hydrogen) atoms. The predicted octanol–water partition coefficient (Wildman–Crippen LogP) is 4.44. The first-order valence-electron chi connectivity index (χ1n) is 8.00. The highest BCUT2D eigenvalue weighted by molar-refractivity contribution is 14.1. The Bertz CT molecular complexity index is 402. The van der Waals surface area contributed by atoms with Crippen molar-refractivity contribution in [1.29, 1.82) is 0 Å². The molecule has 2 rings (SSSR count). The summed E-state index contributed by atoms with van der Waals surface area (Å²) in [6.07, 6.45) is 7.69. The number of hydrogen-bond acceptors (Lipinski definition) is 3. The molecule has 118 valence electrons. The van der Waals surface area contributed by atoms with Gasteiger partial charge in [-0.1, -0.05) is 31.4 Å². The van der Waals surface area contributed by atoms with E-state index in [1.165, 1.54) is 37.7 Å². The Kier molecular flexibility index (Phi) is 7.82. The van der Waals surface area contributed by atoms with E-state index in [9.17, 15) is 0 Å². The van der Waals surface area contributed by atoms with Crippen LogP contribution in [0.25, 0.3) is 0 Å². The SMILES string of the molecule is NCCC(COI)c1cccc(OCC2CCCCC2)c1. The zero-order valence-corrected chi connectivity index (χ0v) is 14.8. The summed E-state index contributed by atoms with van der Waals surface area (Å²) in [6, 6.07) is 8.42. The van der Waals surface area contributed by atoms with Gasteiger partial charge < -0.3 is 13.5 Å². The first-order chi connectivity index (χ1) is 10.3. The molecule has 4 heteroatoms. The van der Waals surface area contributed by atoms with Crippen LogP contribution in [0.2, 0.25) is 0 Å². The number of nitrogens with two attached hydrogens (primary N) is 1. The van der Waals surface area contributed by atoms with Crippen molar-refractivity contribution in [2.24, 2.45) is 11.7 Å². The molecule has 1 saturated carbocycles. The molecule has 1 fully saturated rings. The summed E-state index contributed by atoms with van der Waals surface area (Å²) in [5, 5.41) is 0. The molecule has 0 aliphatic heterocycles. The van der Waals surface area contributed by atoms with Gasteiger partial charge in [0.05, 0.1) is 13.2 Å². The summed E-state index contributed by atoms with van der Waals surface area (Å²) >= 11 is 1.95. The third-order valence-electron chi connectivity index (χ3n) is 4.32. The fourth-order valence-corrected chi connectivity index (χ4v) is 3.48. The maximum atomic E-state index is 6.02. The molecule has 0 amide bonds. The molecule has 0 saturated heterocycles. The van der Waals surface area contributed by atoms with E-state index in [1.807, 2.05) is 23.0 Å². The van der Waals surface area contributed by atoms with Crippen LogP contribution < -0.4 is 10.5 Å². The maximum Gasteiger partial charge on any atom is 0.119 e. The van der Waals surface area contributed by atoms with Crippen molar-refractivity contribution >= 4 is 23.0 Å². The van der Waals surface area contributed by atoms with Gasteiger partial charge in [-0.3, -0.25) is 0 Å². The highest BCUT2D eigenvalue weighted by Crippen LogP contribution is 2.27. The predicted molar refractivity (Wildman–Crippen MR) is 94.9 cm³/mol. The van der Waals surface area contributed by atoms with Gasteiger partial charge in [-0.15, -0.1) is 0 Å². The number of hydrogen-bond donors (Lipinski definition) is 1. The molecule has 2 N–H and O–H groups in total. The van der Waals surface area contributed by atoms with E-state index in [0.29, 0.717) is 19.1 Å². The number of halogens is 1. The van der Waals surface area contributed by atoms with Crippen LogP contribution in [0.15, 0.2) is 24.3 Å². The van der Waals surface area contributed by atoms with Crippen molar-refractivity contribution in [3.05, 3.63) is 29.8 Å². The molecule has 0 spiro atoms. The van der Waals surface area contributed by atoms with E-state index < -0.39 is 0 Å². The van der Waals surface area contributed by atoms with Crippen molar-refractivity contribution in [1.82, 2.24) is 0 Å². The molecule has 1 unspecified atom stereocenters. The molecular formula is C17H26INO2. The second-order valence-corrected chi connectivity index (χ2v) is 6.56. The highest BCUT2D eigenvalue weighted by Gasteiger charge is 2.15. The van der Waals surface area contributed by atoms with Gasteiger partial charge in [-0.25, -0.2) is 0 Å². The van der Waals surface area contributed by atoms with E-state index in [4.69, 9.17) is 13.5 Å². The van der Waals surface area contributed by atoms with E-state index in [1.54, 1.807) is 0 Å². The molecule has 0 heterocycles. The molecule has 0 aromatic heterocycles. The summed E-state index contributed by atoms with van der Waals surface area (Å²) in [4.78, 5) is 0. The second kappa shape index (κ2) is 9.64. The molecule has 1 aliphatic rings. The lowest BCUT2D eigenvalue weighted by molar-refractivity contribution is 0.208. The summed E-state index contributed by atoms with van der Waals surface area (Å²) in [5.41, 5.74) is 6.96. The normalized spacial score (nSPS) is 17.6. The Labute approximate surface area is 142 Å². The summed E-state index contributed by atoms with van der Waals surface area (Å²) in [7, 11) is 0. The molecular weight excluding hydrogens is 377 g/mol. The largest absolute Gasteiger partial charge is 0.493 e. The zero-order valence-electron chi connectivity index (χ0n) is 12.6. The third kappa shape index (κ3) is 5.75. The highest BCUT2D eigenvalue weighted by atomic mass is 127. The van der Waals surface area contributed by atoms with Crippen LogP contribution in [0.5, 0.6) is 5.75 Å². The average Bonchev–Trinajstić information content (AvgIpc) is 2.54. The molecule has 1 aliphatic carbocycles. The Morgan fingerprint density at radius 1 is 1.24 bits per heavy atom. The van der Waals surface area contributed by atoms with Gasteiger partial charge in [0.1, 0.15) is 28.8 Å². The van der Waals surface area contributed by atoms with Gasteiger partial charge in [0.15, 0.2) is 0 Å². The van der Waals surface area contributed by atoms with Crippen LogP contribution in [0.3, 0.4) is 0 Å². The lowest BCUT2D eigenvalue weighted by Crippen LogP contribution is -2.15. The number of ether oxygens (including phenoxy) is 1. The first-order valence-corrected chi connectivity index (χ1v) is 8.88. The Hall–Kier alpha value is -0.330. The maximum absolute atomic E-state index is 6.02. The van der Waals surface area contributed by atoms with Crippen LogP contribution in [-0.4, -0.2) is 19.8 Å². The Balaban J connectivity index is 1.92. The van der Waals surface area contributed by atoms with Gasteiger partial charge in [0.2, 0.25) is 0 Å². The summed E-state index contributed by atoms with van der Waals surface area (Å²) in [6.45, 7) is 2.23. The molecule has 3 nitrogen and oxygen atoms in total. The minimum absolute atomic E-state index is 0.352. The van der Waals surface area contributed by atoms with Crippen molar-refractivity contribution in [3.8, 4) is 5.75 Å². The van der Waals surface area contributed by atoms with Gasteiger partial charge in [-0.2, -0.15) is 0 Å². The van der Waals surface area contributed by atoms with Crippen LogP contribution in [0.4, 0.5) is 0 Å².